The van der Waals surface area contributed by atoms with Crippen molar-refractivity contribution in [2.75, 3.05) is 10.0 Å². The molecule has 0 fully saturated rings. The van der Waals surface area contributed by atoms with Gasteiger partial charge in [-0.05, 0) is 78.4 Å². The molecule has 1 aliphatic rings. The molecule has 3 rings (SSSR count). The van der Waals surface area contributed by atoms with E-state index in [1.165, 1.54) is 12.1 Å². The second-order valence-corrected chi connectivity index (χ2v) is 8.40. The van der Waals surface area contributed by atoms with Gasteiger partial charge in [-0.2, -0.15) is 0 Å². The lowest BCUT2D eigenvalue weighted by Crippen LogP contribution is -2.34. The van der Waals surface area contributed by atoms with Crippen molar-refractivity contribution in [3.8, 4) is 5.75 Å². The van der Waals surface area contributed by atoms with Gasteiger partial charge in [0, 0.05) is 3.57 Å². The van der Waals surface area contributed by atoms with Crippen LogP contribution in [0, 0.1) is 10.5 Å². The summed E-state index contributed by atoms with van der Waals surface area (Å²) < 4.78 is 34.2. The van der Waals surface area contributed by atoms with Gasteiger partial charge in [0.25, 0.3) is 15.9 Å². The quantitative estimate of drug-likeness (QED) is 0.693. The number of hydrogen-bond donors (Lipinski definition) is 2. The molecule has 0 saturated heterocycles. The Labute approximate surface area is 153 Å². The van der Waals surface area contributed by atoms with Crippen molar-refractivity contribution in [2.45, 2.75) is 24.8 Å². The van der Waals surface area contributed by atoms with E-state index in [0.717, 1.165) is 9.13 Å². The Balaban J connectivity index is 1.93. The molecule has 1 amide bonds. The van der Waals surface area contributed by atoms with Gasteiger partial charge in [-0.3, -0.25) is 9.52 Å². The fourth-order valence-corrected chi connectivity index (χ4v) is 4.10. The fourth-order valence-electron chi connectivity index (χ4n) is 2.30. The highest BCUT2D eigenvalue weighted by Gasteiger charge is 2.25. The molecule has 0 bridgehead atoms. The number of rotatable bonds is 3. The van der Waals surface area contributed by atoms with Crippen molar-refractivity contribution in [2.24, 2.45) is 0 Å². The molecule has 2 N–H and O–H groups in total. The molecule has 1 aliphatic heterocycles. The van der Waals surface area contributed by atoms with Crippen LogP contribution >= 0.6 is 22.6 Å². The largest absolute Gasteiger partial charge is 0.479 e. The van der Waals surface area contributed by atoms with Crippen molar-refractivity contribution in [1.29, 1.82) is 0 Å². The third-order valence-corrected chi connectivity index (χ3v) is 5.66. The zero-order valence-electron chi connectivity index (χ0n) is 13.0. The predicted octanol–water partition coefficient (Wildman–Crippen LogP) is 3.12. The van der Waals surface area contributed by atoms with Crippen molar-refractivity contribution < 1.29 is 17.9 Å². The summed E-state index contributed by atoms with van der Waals surface area (Å²) in [6.45, 7) is 3.46. The maximum absolute atomic E-state index is 12.6. The number of nitrogens with one attached hydrogen (secondary N) is 2. The molecule has 24 heavy (non-hydrogen) atoms. The van der Waals surface area contributed by atoms with Gasteiger partial charge < -0.3 is 10.1 Å². The number of benzene rings is 2. The van der Waals surface area contributed by atoms with Crippen LogP contribution in [0.4, 0.5) is 11.4 Å². The van der Waals surface area contributed by atoms with Gasteiger partial charge in [0.15, 0.2) is 6.10 Å². The van der Waals surface area contributed by atoms with E-state index in [9.17, 15) is 13.2 Å². The maximum atomic E-state index is 12.6. The van der Waals surface area contributed by atoms with Crippen LogP contribution in [0.1, 0.15) is 12.5 Å². The number of sulfonamides is 1. The van der Waals surface area contributed by atoms with Crippen molar-refractivity contribution in [3.05, 3.63) is 45.5 Å². The molecule has 0 spiro atoms. The third-order valence-electron chi connectivity index (χ3n) is 3.62. The van der Waals surface area contributed by atoms with Crippen LogP contribution in [-0.4, -0.2) is 20.4 Å². The molecule has 0 aromatic heterocycles. The van der Waals surface area contributed by atoms with Gasteiger partial charge in [0.2, 0.25) is 0 Å². The smallest absolute Gasteiger partial charge is 0.265 e. The number of anilines is 2. The first-order chi connectivity index (χ1) is 11.3. The van der Waals surface area contributed by atoms with Crippen molar-refractivity contribution in [1.82, 2.24) is 0 Å². The van der Waals surface area contributed by atoms with Crippen LogP contribution in [0.5, 0.6) is 5.75 Å². The summed E-state index contributed by atoms with van der Waals surface area (Å²) in [6, 6.07) is 9.82. The molecule has 1 heterocycles. The van der Waals surface area contributed by atoms with E-state index >= 15 is 0 Å². The highest BCUT2D eigenvalue weighted by atomic mass is 127. The summed E-state index contributed by atoms with van der Waals surface area (Å²) in [7, 11) is -3.77. The molecular formula is C16H15IN2O4S. The second-order valence-electron chi connectivity index (χ2n) is 5.47. The van der Waals surface area contributed by atoms with E-state index in [-0.39, 0.29) is 10.8 Å². The monoisotopic (exact) mass is 458 g/mol. The molecule has 6 nitrogen and oxygen atoms in total. The summed E-state index contributed by atoms with van der Waals surface area (Å²) in [4.78, 5) is 11.7. The molecule has 2 aromatic carbocycles. The van der Waals surface area contributed by atoms with Crippen LogP contribution < -0.4 is 14.8 Å². The highest BCUT2D eigenvalue weighted by molar-refractivity contribution is 14.1. The minimum Gasteiger partial charge on any atom is -0.479 e. The molecule has 1 unspecified atom stereocenters. The van der Waals surface area contributed by atoms with Crippen molar-refractivity contribution >= 4 is 49.9 Å². The fraction of sp³-hybridized carbons (Fsp3) is 0.188. The number of aryl methyl sites for hydroxylation is 1. The Morgan fingerprint density at radius 3 is 2.67 bits per heavy atom. The van der Waals surface area contributed by atoms with Crippen LogP contribution in [0.3, 0.4) is 0 Å². The first kappa shape index (κ1) is 17.0. The molecule has 126 valence electrons. The van der Waals surface area contributed by atoms with E-state index < -0.39 is 16.1 Å². The summed E-state index contributed by atoms with van der Waals surface area (Å²) >= 11 is 2.17. The van der Waals surface area contributed by atoms with Crippen LogP contribution in [0.15, 0.2) is 41.3 Å². The van der Waals surface area contributed by atoms with E-state index in [1.54, 1.807) is 19.1 Å². The summed E-state index contributed by atoms with van der Waals surface area (Å²) in [5.41, 5.74) is 1.69. The Morgan fingerprint density at radius 1 is 1.21 bits per heavy atom. The summed E-state index contributed by atoms with van der Waals surface area (Å²) in [6.07, 6.45) is -0.604. The lowest BCUT2D eigenvalue weighted by molar-refractivity contribution is -0.122. The number of ether oxygens (including phenoxy) is 1. The number of halogens is 1. The average Bonchev–Trinajstić information content (AvgIpc) is 2.51. The lowest BCUT2D eigenvalue weighted by Gasteiger charge is -2.23. The number of hydrogen-bond acceptors (Lipinski definition) is 4. The van der Waals surface area contributed by atoms with Crippen LogP contribution in [-0.2, 0) is 14.8 Å². The minimum absolute atomic E-state index is 0.0534. The van der Waals surface area contributed by atoms with Gasteiger partial charge in [0.1, 0.15) is 5.75 Å². The third kappa shape index (κ3) is 3.34. The topological polar surface area (TPSA) is 84.5 Å². The van der Waals surface area contributed by atoms with E-state index in [2.05, 4.69) is 32.6 Å². The van der Waals surface area contributed by atoms with Gasteiger partial charge in [-0.25, -0.2) is 8.42 Å². The predicted molar refractivity (Wildman–Crippen MR) is 99.9 cm³/mol. The number of fused-ring (bicyclic) bond motifs is 1. The molecule has 8 heteroatoms. The number of amides is 1. The number of carbonyl (C=O) groups is 1. The number of carbonyl (C=O) groups excluding carboxylic acids is 1. The van der Waals surface area contributed by atoms with Crippen LogP contribution in [0.25, 0.3) is 0 Å². The molecule has 1 atom stereocenters. The zero-order chi connectivity index (χ0) is 17.5. The molecule has 2 aromatic rings. The maximum Gasteiger partial charge on any atom is 0.265 e. The van der Waals surface area contributed by atoms with Gasteiger partial charge in [-0.1, -0.05) is 0 Å². The van der Waals surface area contributed by atoms with E-state index in [1.807, 2.05) is 19.1 Å². The summed E-state index contributed by atoms with van der Waals surface area (Å²) in [5.74, 6) is 0.144. The standard InChI is InChI=1S/C16H15IN2O4S/c1-9-7-11(17)3-5-13(9)19-24(21,22)12-4-6-15-14(8-12)18-16(20)10(2)23-15/h3-8,10,19H,1-2H3,(H,18,20). The van der Waals surface area contributed by atoms with E-state index in [0.29, 0.717) is 17.1 Å². The molecule has 0 radical (unpaired) electrons. The Hall–Kier alpha value is -1.81. The normalized spacial score (nSPS) is 16.8. The zero-order valence-corrected chi connectivity index (χ0v) is 15.9. The molecule has 0 aliphatic carbocycles. The first-order valence-electron chi connectivity index (χ1n) is 7.17. The summed E-state index contributed by atoms with van der Waals surface area (Å²) in [5, 5.41) is 2.65. The molecule has 0 saturated carbocycles. The van der Waals surface area contributed by atoms with Crippen molar-refractivity contribution in [3.63, 3.8) is 0 Å². The van der Waals surface area contributed by atoms with Gasteiger partial charge in [-0.15, -0.1) is 0 Å². The Bertz CT molecular complexity index is 928. The Kier molecular flexibility index (Phi) is 4.43. The van der Waals surface area contributed by atoms with Crippen LogP contribution in [0.2, 0.25) is 0 Å². The lowest BCUT2D eigenvalue weighted by atomic mass is 10.2. The van der Waals surface area contributed by atoms with E-state index in [4.69, 9.17) is 4.74 Å². The SMILES string of the molecule is Cc1cc(I)ccc1NS(=O)(=O)c1ccc2c(c1)NC(=O)C(C)O2. The van der Waals surface area contributed by atoms with Gasteiger partial charge in [0.05, 0.1) is 16.3 Å². The highest BCUT2D eigenvalue weighted by Crippen LogP contribution is 2.32. The molecular weight excluding hydrogens is 443 g/mol. The first-order valence-corrected chi connectivity index (χ1v) is 9.73. The minimum atomic E-state index is -3.77. The van der Waals surface area contributed by atoms with Gasteiger partial charge >= 0.3 is 0 Å². The Morgan fingerprint density at radius 2 is 1.96 bits per heavy atom. The average molecular weight is 458 g/mol. The second kappa shape index (κ2) is 6.25.